The Labute approximate surface area is 142 Å². The summed E-state index contributed by atoms with van der Waals surface area (Å²) in [5.41, 5.74) is 0.646. The molecule has 3 heterocycles. The summed E-state index contributed by atoms with van der Waals surface area (Å²) in [6.07, 6.45) is 0.320. The molecule has 0 saturated heterocycles. The number of aryl methyl sites for hydroxylation is 1. The van der Waals surface area contributed by atoms with Crippen LogP contribution in [-0.2, 0) is 11.8 Å². The number of rotatable bonds is 3. The standard InChI is InChI=1S/C16H15N5O4/c1-9-13(24-12-6-4-3-5-11(12)23-9)14(22)18-16-20-19-15(25-16)10-7-8-17-21(10)2/h3-9,13H,1-2H3,(H,18,20,22)/t9-,13+/m0/s1. The lowest BCUT2D eigenvalue weighted by Gasteiger charge is -2.30. The van der Waals surface area contributed by atoms with Gasteiger partial charge in [0, 0.05) is 13.2 Å². The molecule has 9 nitrogen and oxygen atoms in total. The van der Waals surface area contributed by atoms with Gasteiger partial charge < -0.3 is 13.9 Å². The Morgan fingerprint density at radius 2 is 1.92 bits per heavy atom. The largest absolute Gasteiger partial charge is 0.482 e. The molecule has 128 valence electrons. The van der Waals surface area contributed by atoms with E-state index in [0.717, 1.165) is 0 Å². The van der Waals surface area contributed by atoms with Gasteiger partial charge in [-0.2, -0.15) is 5.10 Å². The van der Waals surface area contributed by atoms with Gasteiger partial charge in [-0.15, -0.1) is 5.10 Å². The molecule has 0 unspecified atom stereocenters. The van der Waals surface area contributed by atoms with Crippen molar-refractivity contribution in [2.45, 2.75) is 19.1 Å². The van der Waals surface area contributed by atoms with E-state index in [1.54, 1.807) is 43.0 Å². The summed E-state index contributed by atoms with van der Waals surface area (Å²) in [6.45, 7) is 1.76. The molecule has 3 aromatic rings. The van der Waals surface area contributed by atoms with Crippen LogP contribution >= 0.6 is 0 Å². The zero-order chi connectivity index (χ0) is 17.4. The van der Waals surface area contributed by atoms with Crippen molar-refractivity contribution in [1.29, 1.82) is 0 Å². The molecule has 0 radical (unpaired) electrons. The Kier molecular flexibility index (Phi) is 3.60. The fourth-order valence-corrected chi connectivity index (χ4v) is 2.54. The Balaban J connectivity index is 1.49. The summed E-state index contributed by atoms with van der Waals surface area (Å²) in [7, 11) is 1.75. The molecule has 1 aliphatic rings. The molecule has 2 atom stereocenters. The normalized spacial score (nSPS) is 18.8. The molecule has 0 spiro atoms. The Bertz CT molecular complexity index is 919. The number of hydrogen-bond donors (Lipinski definition) is 1. The van der Waals surface area contributed by atoms with Crippen LogP contribution in [0.4, 0.5) is 6.01 Å². The van der Waals surface area contributed by atoms with Crippen molar-refractivity contribution >= 4 is 11.9 Å². The highest BCUT2D eigenvalue weighted by atomic mass is 16.6. The molecule has 0 bridgehead atoms. The van der Waals surface area contributed by atoms with Gasteiger partial charge >= 0.3 is 6.01 Å². The van der Waals surface area contributed by atoms with Gasteiger partial charge in [-0.05, 0) is 25.1 Å². The predicted octanol–water partition coefficient (Wildman–Crippen LogP) is 1.64. The van der Waals surface area contributed by atoms with Gasteiger partial charge in [-0.25, -0.2) is 0 Å². The summed E-state index contributed by atoms with van der Waals surface area (Å²) in [6, 6.07) is 8.90. The van der Waals surface area contributed by atoms with Crippen LogP contribution in [-0.4, -0.2) is 38.1 Å². The van der Waals surface area contributed by atoms with E-state index >= 15 is 0 Å². The van der Waals surface area contributed by atoms with Crippen molar-refractivity contribution in [3.63, 3.8) is 0 Å². The molecule has 2 aromatic heterocycles. The highest BCUT2D eigenvalue weighted by Crippen LogP contribution is 2.33. The molecular weight excluding hydrogens is 326 g/mol. The van der Waals surface area contributed by atoms with E-state index in [2.05, 4.69) is 20.6 Å². The zero-order valence-corrected chi connectivity index (χ0v) is 13.5. The minimum atomic E-state index is -0.832. The summed E-state index contributed by atoms with van der Waals surface area (Å²) >= 11 is 0. The molecule has 1 amide bonds. The molecule has 0 fully saturated rings. The second-order valence-corrected chi connectivity index (χ2v) is 5.55. The van der Waals surface area contributed by atoms with Crippen LogP contribution in [0.3, 0.4) is 0 Å². The van der Waals surface area contributed by atoms with Crippen LogP contribution in [0, 0.1) is 0 Å². The summed E-state index contributed by atoms with van der Waals surface area (Å²) in [4.78, 5) is 12.5. The van der Waals surface area contributed by atoms with Crippen LogP contribution in [0.5, 0.6) is 11.5 Å². The smallest absolute Gasteiger partial charge is 0.322 e. The quantitative estimate of drug-likeness (QED) is 0.772. The molecule has 4 rings (SSSR count). The first kappa shape index (κ1) is 15.2. The van der Waals surface area contributed by atoms with Crippen LogP contribution in [0.25, 0.3) is 11.6 Å². The predicted molar refractivity (Wildman–Crippen MR) is 86.1 cm³/mol. The number of fused-ring (bicyclic) bond motifs is 1. The Morgan fingerprint density at radius 1 is 1.16 bits per heavy atom. The van der Waals surface area contributed by atoms with Gasteiger partial charge in [-0.1, -0.05) is 17.2 Å². The lowest BCUT2D eigenvalue weighted by atomic mass is 10.1. The number of aromatic nitrogens is 4. The fourth-order valence-electron chi connectivity index (χ4n) is 2.54. The third-order valence-corrected chi connectivity index (χ3v) is 3.80. The lowest BCUT2D eigenvalue weighted by molar-refractivity contribution is -0.128. The average molecular weight is 341 g/mol. The highest BCUT2D eigenvalue weighted by molar-refractivity contribution is 5.93. The first-order valence-electron chi connectivity index (χ1n) is 7.67. The molecular formula is C16H15N5O4. The van der Waals surface area contributed by atoms with E-state index in [1.807, 2.05) is 12.1 Å². The number of amides is 1. The number of carbonyl (C=O) groups excluding carboxylic acids is 1. The number of ether oxygens (including phenoxy) is 2. The Morgan fingerprint density at radius 3 is 2.64 bits per heavy atom. The summed E-state index contributed by atoms with van der Waals surface area (Å²) < 4.78 is 18.5. The van der Waals surface area contributed by atoms with Crippen molar-refractivity contribution in [3.8, 4) is 23.1 Å². The number of hydrogen-bond acceptors (Lipinski definition) is 7. The van der Waals surface area contributed by atoms with E-state index in [-0.39, 0.29) is 11.9 Å². The number of para-hydroxylation sites is 2. The second-order valence-electron chi connectivity index (χ2n) is 5.55. The van der Waals surface area contributed by atoms with Crippen LogP contribution in [0.2, 0.25) is 0 Å². The number of nitrogens with zero attached hydrogens (tertiary/aromatic N) is 4. The van der Waals surface area contributed by atoms with Crippen molar-refractivity contribution in [1.82, 2.24) is 20.0 Å². The van der Waals surface area contributed by atoms with Gasteiger partial charge in [0.05, 0.1) is 0 Å². The van der Waals surface area contributed by atoms with Gasteiger partial charge in [0.1, 0.15) is 11.8 Å². The summed E-state index contributed by atoms with van der Waals surface area (Å²) in [5, 5.41) is 14.3. The molecule has 9 heteroatoms. The molecule has 1 aliphatic heterocycles. The lowest BCUT2D eigenvalue weighted by Crippen LogP contribution is -2.46. The maximum Gasteiger partial charge on any atom is 0.322 e. The van der Waals surface area contributed by atoms with Gasteiger partial charge in [0.2, 0.25) is 6.10 Å². The zero-order valence-electron chi connectivity index (χ0n) is 13.5. The second kappa shape index (κ2) is 5.93. The number of carbonyl (C=O) groups is 1. The van der Waals surface area contributed by atoms with E-state index in [9.17, 15) is 4.79 Å². The van der Waals surface area contributed by atoms with Crippen LogP contribution in [0.1, 0.15) is 6.92 Å². The maximum absolute atomic E-state index is 12.5. The van der Waals surface area contributed by atoms with Gasteiger partial charge in [0.15, 0.2) is 11.5 Å². The van der Waals surface area contributed by atoms with E-state index in [4.69, 9.17) is 13.9 Å². The molecule has 1 aromatic carbocycles. The van der Waals surface area contributed by atoms with Crippen molar-refractivity contribution < 1.29 is 18.7 Å². The minimum absolute atomic E-state index is 0.0177. The molecule has 0 aliphatic carbocycles. The topological polar surface area (TPSA) is 104 Å². The van der Waals surface area contributed by atoms with E-state index in [0.29, 0.717) is 17.2 Å². The third kappa shape index (κ3) is 2.80. The van der Waals surface area contributed by atoms with Gasteiger partial charge in [-0.3, -0.25) is 14.8 Å². The maximum atomic E-state index is 12.5. The monoisotopic (exact) mass is 341 g/mol. The highest BCUT2D eigenvalue weighted by Gasteiger charge is 2.34. The third-order valence-electron chi connectivity index (χ3n) is 3.80. The number of nitrogens with one attached hydrogen (secondary N) is 1. The number of benzene rings is 1. The van der Waals surface area contributed by atoms with Crippen molar-refractivity contribution in [2.75, 3.05) is 5.32 Å². The van der Waals surface area contributed by atoms with Crippen LogP contribution < -0.4 is 14.8 Å². The summed E-state index contributed by atoms with van der Waals surface area (Å²) in [5.74, 6) is 0.953. The van der Waals surface area contributed by atoms with E-state index in [1.165, 1.54) is 0 Å². The van der Waals surface area contributed by atoms with E-state index < -0.39 is 18.1 Å². The van der Waals surface area contributed by atoms with Crippen LogP contribution in [0.15, 0.2) is 40.9 Å². The average Bonchev–Trinajstić information content (AvgIpc) is 3.22. The first-order chi connectivity index (χ1) is 12.1. The van der Waals surface area contributed by atoms with Crippen molar-refractivity contribution in [3.05, 3.63) is 36.5 Å². The Hall–Kier alpha value is -3.36. The number of anilines is 1. The van der Waals surface area contributed by atoms with Crippen molar-refractivity contribution in [2.24, 2.45) is 7.05 Å². The SMILES string of the molecule is C[C@@H]1Oc2ccccc2O[C@H]1C(=O)Nc1nnc(-c2ccnn2C)o1. The molecule has 1 N–H and O–H groups in total. The fraction of sp³-hybridized carbons (Fsp3) is 0.250. The first-order valence-corrected chi connectivity index (χ1v) is 7.67. The molecule has 0 saturated carbocycles. The van der Waals surface area contributed by atoms with Gasteiger partial charge in [0.25, 0.3) is 11.8 Å². The molecule has 25 heavy (non-hydrogen) atoms. The minimum Gasteiger partial charge on any atom is -0.482 e.